The van der Waals surface area contributed by atoms with Gasteiger partial charge in [-0.05, 0) is 79.8 Å². The first kappa shape index (κ1) is 25.4. The average molecular weight is 543 g/mol. The molecule has 3 aromatic heterocycles. The van der Waals surface area contributed by atoms with Gasteiger partial charge < -0.3 is 22.7 Å². The highest BCUT2D eigenvalue weighted by molar-refractivity contribution is 6.08. The number of fused-ring (bicyclic) bond motifs is 2. The quantitative estimate of drug-likeness (QED) is 0.235. The molecule has 10 nitrogen and oxygen atoms in total. The zero-order valence-electron chi connectivity index (χ0n) is 21.7. The molecule has 1 aliphatic heterocycles. The van der Waals surface area contributed by atoms with Crippen LogP contribution in [-0.2, 0) is 14.3 Å². The van der Waals surface area contributed by atoms with Crippen molar-refractivity contribution in [2.45, 2.75) is 32.2 Å². The Morgan fingerprint density at radius 2 is 1.95 bits per heavy atom. The van der Waals surface area contributed by atoms with Gasteiger partial charge in [0, 0.05) is 23.4 Å². The molecule has 0 radical (unpaired) electrons. The molecule has 0 bridgehead atoms. The van der Waals surface area contributed by atoms with Crippen LogP contribution in [0, 0.1) is 12.8 Å². The predicted octanol–water partition coefficient (Wildman–Crippen LogP) is 5.03. The summed E-state index contributed by atoms with van der Waals surface area (Å²) in [5.74, 6) is 0.404. The molecule has 1 aromatic carbocycles. The Kier molecular flexibility index (Phi) is 6.81. The third-order valence-electron chi connectivity index (χ3n) is 7.09. The number of hydrogen-bond acceptors (Lipinski definition) is 9. The number of carbonyl (C=O) groups is 2. The van der Waals surface area contributed by atoms with Crippen molar-refractivity contribution in [3.63, 3.8) is 0 Å². The molecule has 0 saturated heterocycles. The molecular formula is C30H26N2O8. The summed E-state index contributed by atoms with van der Waals surface area (Å²) in [5, 5.41) is 6.82. The van der Waals surface area contributed by atoms with Crippen LogP contribution in [0.15, 0.2) is 89.8 Å². The monoisotopic (exact) mass is 542 g/mol. The van der Waals surface area contributed by atoms with E-state index in [4.69, 9.17) is 27.8 Å². The molecule has 1 fully saturated rings. The van der Waals surface area contributed by atoms with Gasteiger partial charge in [-0.25, -0.2) is 14.6 Å². The first-order valence-electron chi connectivity index (χ1n) is 13.0. The molecule has 1 saturated carbocycles. The van der Waals surface area contributed by atoms with Gasteiger partial charge in [0.15, 0.2) is 13.2 Å². The first-order valence-corrected chi connectivity index (χ1v) is 13.0. The van der Waals surface area contributed by atoms with Crippen molar-refractivity contribution in [2.24, 2.45) is 11.0 Å². The van der Waals surface area contributed by atoms with Crippen LogP contribution < -0.4 is 10.4 Å². The Morgan fingerprint density at radius 1 is 1.10 bits per heavy atom. The van der Waals surface area contributed by atoms with E-state index >= 15 is 0 Å². The Balaban J connectivity index is 1.14. The third-order valence-corrected chi connectivity index (χ3v) is 7.09. The smallest absolute Gasteiger partial charge is 0.344 e. The number of allylic oxidation sites excluding steroid dienone is 1. The van der Waals surface area contributed by atoms with Crippen LogP contribution in [0.2, 0.25) is 0 Å². The van der Waals surface area contributed by atoms with Crippen molar-refractivity contribution in [2.75, 3.05) is 13.2 Å². The molecule has 0 spiro atoms. The minimum atomic E-state index is -0.726. The fourth-order valence-corrected chi connectivity index (χ4v) is 5.28. The Hall–Kier alpha value is -4.86. The van der Waals surface area contributed by atoms with Gasteiger partial charge in [0.2, 0.25) is 0 Å². The number of rotatable bonds is 7. The van der Waals surface area contributed by atoms with Gasteiger partial charge in [0.05, 0.1) is 18.2 Å². The molecule has 10 heteroatoms. The lowest BCUT2D eigenvalue weighted by atomic mass is 9.79. The molecule has 1 amide bonds. The molecule has 204 valence electrons. The topological polar surface area (TPSA) is 125 Å². The van der Waals surface area contributed by atoms with Gasteiger partial charge in [-0.3, -0.25) is 4.79 Å². The zero-order chi connectivity index (χ0) is 27.6. The summed E-state index contributed by atoms with van der Waals surface area (Å²) in [4.78, 5) is 37.4. The number of furan rings is 2. The SMILES string of the molecule is Cc1cc(=O)oc2cc(OCC(=O)OCC(=O)N3N=C4C(=Cc5ccco5)CCCC4C3c3ccco3)ccc12. The highest BCUT2D eigenvalue weighted by Crippen LogP contribution is 2.44. The highest BCUT2D eigenvalue weighted by Gasteiger charge is 2.45. The van der Waals surface area contributed by atoms with E-state index in [1.54, 1.807) is 37.6 Å². The van der Waals surface area contributed by atoms with E-state index in [0.717, 1.165) is 47.3 Å². The minimum Gasteiger partial charge on any atom is -0.482 e. The van der Waals surface area contributed by atoms with Crippen LogP contribution in [0.25, 0.3) is 17.0 Å². The molecule has 2 unspecified atom stereocenters. The Bertz CT molecular complexity index is 1660. The van der Waals surface area contributed by atoms with Gasteiger partial charge in [-0.15, -0.1) is 0 Å². The number of benzene rings is 1. The van der Waals surface area contributed by atoms with Crippen LogP contribution in [0.1, 0.15) is 42.4 Å². The maximum atomic E-state index is 13.3. The van der Waals surface area contributed by atoms with Gasteiger partial charge in [-0.2, -0.15) is 5.10 Å². The molecule has 4 heterocycles. The van der Waals surface area contributed by atoms with Crippen LogP contribution >= 0.6 is 0 Å². The third kappa shape index (κ3) is 5.07. The van der Waals surface area contributed by atoms with E-state index in [1.807, 2.05) is 24.3 Å². The summed E-state index contributed by atoms with van der Waals surface area (Å²) >= 11 is 0. The number of aryl methyl sites for hydroxylation is 1. The number of ether oxygens (including phenoxy) is 2. The predicted molar refractivity (Wildman–Crippen MR) is 143 cm³/mol. The largest absolute Gasteiger partial charge is 0.482 e. The van der Waals surface area contributed by atoms with Crippen molar-refractivity contribution < 1.29 is 32.3 Å². The van der Waals surface area contributed by atoms with Crippen molar-refractivity contribution >= 4 is 34.6 Å². The highest BCUT2D eigenvalue weighted by atomic mass is 16.6. The van der Waals surface area contributed by atoms with Gasteiger partial charge in [0.1, 0.15) is 28.9 Å². The van der Waals surface area contributed by atoms with E-state index in [0.29, 0.717) is 17.1 Å². The number of hydrogen-bond donors (Lipinski definition) is 0. The number of hydrazone groups is 1. The first-order chi connectivity index (χ1) is 19.5. The number of nitrogens with zero attached hydrogens (tertiary/aromatic N) is 2. The number of amides is 1. The fourth-order valence-electron chi connectivity index (χ4n) is 5.28. The lowest BCUT2D eigenvalue weighted by molar-refractivity contribution is -0.154. The minimum absolute atomic E-state index is 0.0549. The molecule has 2 atom stereocenters. The van der Waals surface area contributed by atoms with E-state index < -0.39 is 36.8 Å². The lowest BCUT2D eigenvalue weighted by Gasteiger charge is -2.27. The van der Waals surface area contributed by atoms with E-state index in [1.165, 1.54) is 17.1 Å². The van der Waals surface area contributed by atoms with E-state index in [9.17, 15) is 14.4 Å². The zero-order valence-corrected chi connectivity index (χ0v) is 21.7. The molecule has 40 heavy (non-hydrogen) atoms. The van der Waals surface area contributed by atoms with Crippen LogP contribution in [0.4, 0.5) is 0 Å². The van der Waals surface area contributed by atoms with Crippen molar-refractivity contribution in [3.8, 4) is 5.75 Å². The normalized spacial score (nSPS) is 19.5. The van der Waals surface area contributed by atoms with E-state index in [2.05, 4.69) is 0 Å². The van der Waals surface area contributed by atoms with Gasteiger partial charge >= 0.3 is 11.6 Å². The van der Waals surface area contributed by atoms with E-state index in [-0.39, 0.29) is 5.92 Å². The molecule has 4 aromatic rings. The second kappa shape index (κ2) is 10.7. The molecule has 1 aliphatic carbocycles. The molecular weight excluding hydrogens is 516 g/mol. The van der Waals surface area contributed by atoms with Gasteiger partial charge in [0.25, 0.3) is 5.91 Å². The fraction of sp³-hybridized carbons (Fsp3) is 0.267. The van der Waals surface area contributed by atoms with Crippen LogP contribution in [0.5, 0.6) is 5.75 Å². The summed E-state index contributed by atoms with van der Waals surface area (Å²) in [7, 11) is 0. The summed E-state index contributed by atoms with van der Waals surface area (Å²) in [5.41, 5.74) is 2.47. The van der Waals surface area contributed by atoms with Crippen molar-refractivity contribution in [1.82, 2.24) is 5.01 Å². The molecule has 2 aliphatic rings. The van der Waals surface area contributed by atoms with Crippen LogP contribution in [-0.4, -0.2) is 35.8 Å². The standard InChI is InChI=1S/C30H26N2O8/c1-18-13-27(34)40-25-15-21(9-10-22(18)25)38-17-28(35)39-16-26(33)32-30(24-8-4-12-37-24)23-7-2-5-19(29(23)31-32)14-20-6-3-11-36-20/h3-4,6,8-15,23,30H,2,5,7,16-17H2,1H3. The van der Waals surface area contributed by atoms with Crippen molar-refractivity contribution in [1.29, 1.82) is 0 Å². The second-order valence-corrected chi connectivity index (χ2v) is 9.72. The lowest BCUT2D eigenvalue weighted by Crippen LogP contribution is -2.34. The second-order valence-electron chi connectivity index (χ2n) is 9.72. The maximum absolute atomic E-state index is 13.3. The number of carbonyl (C=O) groups excluding carboxylic acids is 2. The Labute approximate surface area is 228 Å². The number of esters is 1. The summed E-state index contributed by atoms with van der Waals surface area (Å²) < 4.78 is 27.1. The Morgan fingerprint density at radius 3 is 2.75 bits per heavy atom. The molecule has 6 rings (SSSR count). The summed E-state index contributed by atoms with van der Waals surface area (Å²) in [6, 6.07) is 13.2. The maximum Gasteiger partial charge on any atom is 0.344 e. The van der Waals surface area contributed by atoms with Gasteiger partial charge in [-0.1, -0.05) is 0 Å². The molecule has 0 N–H and O–H groups in total. The van der Waals surface area contributed by atoms with Crippen LogP contribution in [0.3, 0.4) is 0 Å². The summed E-state index contributed by atoms with van der Waals surface area (Å²) in [6.07, 6.45) is 7.71. The summed E-state index contributed by atoms with van der Waals surface area (Å²) in [6.45, 7) is 0.871. The van der Waals surface area contributed by atoms with Crippen molar-refractivity contribution in [3.05, 3.63) is 94.1 Å². The average Bonchev–Trinajstić information content (AvgIpc) is 3.71.